The summed E-state index contributed by atoms with van der Waals surface area (Å²) in [6.07, 6.45) is 1.43. The van der Waals surface area contributed by atoms with Gasteiger partial charge in [-0.05, 0) is 64.0 Å². The number of carbonyl (C=O) groups is 2. The summed E-state index contributed by atoms with van der Waals surface area (Å²) in [5.41, 5.74) is 3.59. The third-order valence-electron chi connectivity index (χ3n) is 3.39. The molecular weight excluding hydrogens is 440 g/mol. The van der Waals surface area contributed by atoms with E-state index in [1.165, 1.54) is 6.21 Å². The molecule has 2 aromatic carbocycles. The van der Waals surface area contributed by atoms with Crippen molar-refractivity contribution in [3.8, 4) is 5.75 Å². The Labute approximate surface area is 166 Å². The summed E-state index contributed by atoms with van der Waals surface area (Å²) < 4.78 is 11.1. The SMILES string of the molecule is O=C(O)COc1ccc(/C=N/NC(=O)c2cc3cc(Cl)ccc3o2)cc1Br. The first kappa shape index (κ1) is 18.9. The molecule has 3 aromatic rings. The van der Waals surface area contributed by atoms with E-state index in [4.69, 9.17) is 25.9 Å². The number of benzene rings is 2. The van der Waals surface area contributed by atoms with E-state index in [1.54, 1.807) is 42.5 Å². The van der Waals surface area contributed by atoms with Crippen LogP contribution >= 0.6 is 27.5 Å². The lowest BCUT2D eigenvalue weighted by Crippen LogP contribution is -2.16. The standard InChI is InChI=1S/C18H12BrClN2O5/c19-13-5-10(1-3-15(13)26-9-17(23)24)8-21-22-18(25)16-7-11-6-12(20)2-4-14(11)27-16/h1-8H,9H2,(H,22,25)(H,23,24)/b21-8+. The van der Waals surface area contributed by atoms with Crippen molar-refractivity contribution in [2.75, 3.05) is 6.61 Å². The molecule has 3 rings (SSSR count). The van der Waals surface area contributed by atoms with Crippen molar-refractivity contribution in [2.45, 2.75) is 0 Å². The number of carbonyl (C=O) groups excluding carboxylic acids is 1. The minimum atomic E-state index is -1.07. The second kappa shape index (κ2) is 8.24. The van der Waals surface area contributed by atoms with Crippen LogP contribution in [0.25, 0.3) is 11.0 Å². The lowest BCUT2D eigenvalue weighted by molar-refractivity contribution is -0.139. The number of hydrogen-bond acceptors (Lipinski definition) is 5. The van der Waals surface area contributed by atoms with E-state index in [2.05, 4.69) is 26.5 Å². The number of nitrogens with zero attached hydrogens (tertiary/aromatic N) is 1. The Hall–Kier alpha value is -2.84. The number of aliphatic carboxylic acids is 1. The van der Waals surface area contributed by atoms with Gasteiger partial charge in [-0.15, -0.1) is 0 Å². The smallest absolute Gasteiger partial charge is 0.341 e. The first-order valence-corrected chi connectivity index (χ1v) is 8.76. The molecular formula is C18H12BrClN2O5. The maximum atomic E-state index is 12.1. The van der Waals surface area contributed by atoms with Gasteiger partial charge in [-0.3, -0.25) is 4.79 Å². The van der Waals surface area contributed by atoms with Gasteiger partial charge in [0.15, 0.2) is 12.4 Å². The van der Waals surface area contributed by atoms with Crippen molar-refractivity contribution in [3.63, 3.8) is 0 Å². The van der Waals surface area contributed by atoms with Gasteiger partial charge >= 0.3 is 11.9 Å². The Morgan fingerprint density at radius 2 is 2.07 bits per heavy atom. The Balaban J connectivity index is 1.64. The molecule has 0 unspecified atom stereocenters. The highest BCUT2D eigenvalue weighted by Gasteiger charge is 2.11. The molecule has 7 nitrogen and oxygen atoms in total. The molecule has 138 valence electrons. The lowest BCUT2D eigenvalue weighted by atomic mass is 10.2. The quantitative estimate of drug-likeness (QED) is 0.434. The predicted octanol–water partition coefficient (Wildman–Crippen LogP) is 4.08. The molecule has 1 heterocycles. The number of ether oxygens (including phenoxy) is 1. The van der Waals surface area contributed by atoms with E-state index >= 15 is 0 Å². The van der Waals surface area contributed by atoms with Crippen molar-refractivity contribution >= 4 is 56.6 Å². The van der Waals surface area contributed by atoms with Crippen molar-refractivity contribution in [2.24, 2.45) is 5.10 Å². The van der Waals surface area contributed by atoms with E-state index in [0.717, 1.165) is 5.39 Å². The van der Waals surface area contributed by atoms with Gasteiger partial charge in [0, 0.05) is 10.4 Å². The molecule has 1 amide bonds. The van der Waals surface area contributed by atoms with Gasteiger partial charge in [-0.2, -0.15) is 5.10 Å². The molecule has 9 heteroatoms. The molecule has 0 spiro atoms. The molecule has 0 aliphatic carbocycles. The summed E-state index contributed by atoms with van der Waals surface area (Å²) in [4.78, 5) is 22.7. The molecule has 0 saturated carbocycles. The molecule has 2 N–H and O–H groups in total. The van der Waals surface area contributed by atoms with Crippen LogP contribution in [0.2, 0.25) is 5.02 Å². The van der Waals surface area contributed by atoms with Crippen molar-refractivity contribution in [1.29, 1.82) is 0 Å². The third kappa shape index (κ3) is 4.87. The second-order valence-electron chi connectivity index (χ2n) is 5.36. The molecule has 0 radical (unpaired) electrons. The Kier molecular flexibility index (Phi) is 5.78. The Bertz CT molecular complexity index is 1050. The van der Waals surface area contributed by atoms with Crippen molar-refractivity contribution in [3.05, 3.63) is 63.3 Å². The normalized spacial score (nSPS) is 11.0. The van der Waals surface area contributed by atoms with Crippen LogP contribution < -0.4 is 10.2 Å². The number of amides is 1. The monoisotopic (exact) mass is 450 g/mol. The highest BCUT2D eigenvalue weighted by atomic mass is 79.9. The molecule has 0 aliphatic heterocycles. The number of nitrogens with one attached hydrogen (secondary N) is 1. The maximum absolute atomic E-state index is 12.1. The van der Waals surface area contributed by atoms with Crippen LogP contribution in [-0.2, 0) is 4.79 Å². The minimum absolute atomic E-state index is 0.114. The zero-order valence-corrected chi connectivity index (χ0v) is 16.0. The minimum Gasteiger partial charge on any atom is -0.481 e. The van der Waals surface area contributed by atoms with Crippen LogP contribution in [-0.4, -0.2) is 29.8 Å². The number of carboxylic acid groups (broad SMARTS) is 1. The first-order valence-electron chi connectivity index (χ1n) is 7.59. The molecule has 1 aromatic heterocycles. The molecule has 0 aliphatic rings. The number of halogens is 2. The van der Waals surface area contributed by atoms with Crippen LogP contribution in [0.3, 0.4) is 0 Å². The van der Waals surface area contributed by atoms with Crippen LogP contribution in [0.4, 0.5) is 0 Å². The molecule has 0 atom stereocenters. The average Bonchev–Trinajstić information content (AvgIpc) is 3.04. The molecule has 27 heavy (non-hydrogen) atoms. The molecule has 0 fully saturated rings. The zero-order chi connectivity index (χ0) is 19.4. The van der Waals surface area contributed by atoms with E-state index in [9.17, 15) is 9.59 Å². The van der Waals surface area contributed by atoms with Crippen LogP contribution in [0, 0.1) is 0 Å². The fourth-order valence-corrected chi connectivity index (χ4v) is 2.89. The summed E-state index contributed by atoms with van der Waals surface area (Å²) in [6, 6.07) is 11.6. The van der Waals surface area contributed by atoms with E-state index in [0.29, 0.717) is 26.4 Å². The van der Waals surface area contributed by atoms with Crippen LogP contribution in [0.1, 0.15) is 16.1 Å². The first-order chi connectivity index (χ1) is 12.9. The molecule has 0 saturated heterocycles. The fourth-order valence-electron chi connectivity index (χ4n) is 2.20. The summed E-state index contributed by atoms with van der Waals surface area (Å²) in [7, 11) is 0. The third-order valence-corrected chi connectivity index (χ3v) is 4.24. The summed E-state index contributed by atoms with van der Waals surface area (Å²) in [5, 5.41) is 13.8. The number of hydrogen-bond donors (Lipinski definition) is 2. The number of rotatable bonds is 6. The maximum Gasteiger partial charge on any atom is 0.341 e. The number of furan rings is 1. The van der Waals surface area contributed by atoms with Gasteiger partial charge < -0.3 is 14.3 Å². The number of carboxylic acids is 1. The fraction of sp³-hybridized carbons (Fsp3) is 0.0556. The van der Waals surface area contributed by atoms with Gasteiger partial charge in [0.1, 0.15) is 11.3 Å². The summed E-state index contributed by atoms with van der Waals surface area (Å²) in [6.45, 7) is -0.440. The van der Waals surface area contributed by atoms with Crippen molar-refractivity contribution in [1.82, 2.24) is 5.43 Å². The largest absolute Gasteiger partial charge is 0.481 e. The Morgan fingerprint density at radius 1 is 1.26 bits per heavy atom. The average molecular weight is 452 g/mol. The van der Waals surface area contributed by atoms with Gasteiger partial charge in [-0.25, -0.2) is 10.2 Å². The lowest BCUT2D eigenvalue weighted by Gasteiger charge is -2.06. The predicted molar refractivity (Wildman–Crippen MR) is 104 cm³/mol. The zero-order valence-electron chi connectivity index (χ0n) is 13.6. The van der Waals surface area contributed by atoms with E-state index < -0.39 is 18.5 Å². The topological polar surface area (TPSA) is 101 Å². The highest BCUT2D eigenvalue weighted by molar-refractivity contribution is 9.10. The summed E-state index contributed by atoms with van der Waals surface area (Å²) >= 11 is 9.20. The second-order valence-corrected chi connectivity index (χ2v) is 6.65. The van der Waals surface area contributed by atoms with E-state index in [1.807, 2.05) is 0 Å². The number of hydrazone groups is 1. The van der Waals surface area contributed by atoms with Gasteiger partial charge in [0.2, 0.25) is 0 Å². The van der Waals surface area contributed by atoms with E-state index in [-0.39, 0.29) is 5.76 Å². The van der Waals surface area contributed by atoms with Gasteiger partial charge in [-0.1, -0.05) is 11.6 Å². The van der Waals surface area contributed by atoms with Gasteiger partial charge in [0.05, 0.1) is 10.7 Å². The summed E-state index contributed by atoms with van der Waals surface area (Å²) in [5.74, 6) is -1.07. The van der Waals surface area contributed by atoms with Gasteiger partial charge in [0.25, 0.3) is 0 Å². The Morgan fingerprint density at radius 3 is 2.81 bits per heavy atom. The molecule has 0 bridgehead atoms. The number of fused-ring (bicyclic) bond motifs is 1. The highest BCUT2D eigenvalue weighted by Crippen LogP contribution is 2.25. The van der Waals surface area contributed by atoms with Crippen LogP contribution in [0.5, 0.6) is 5.75 Å². The van der Waals surface area contributed by atoms with Crippen molar-refractivity contribution < 1.29 is 23.8 Å². The van der Waals surface area contributed by atoms with Crippen LogP contribution in [0.15, 0.2) is 56.5 Å².